The summed E-state index contributed by atoms with van der Waals surface area (Å²) in [6, 6.07) is 10.3. The van der Waals surface area contributed by atoms with E-state index in [1.807, 2.05) is 19.9 Å². The van der Waals surface area contributed by atoms with Crippen LogP contribution in [0, 0.1) is 0 Å². The molecule has 1 heterocycles. The Morgan fingerprint density at radius 3 is 2.28 bits per heavy atom. The molecule has 132 valence electrons. The van der Waals surface area contributed by atoms with E-state index in [1.54, 1.807) is 29.2 Å². The minimum absolute atomic E-state index is 0.137. The van der Waals surface area contributed by atoms with Crippen molar-refractivity contribution in [3.05, 3.63) is 59.4 Å². The van der Waals surface area contributed by atoms with Gasteiger partial charge in [0.05, 0.1) is 0 Å². The first-order valence-electron chi connectivity index (χ1n) is 8.22. The first-order chi connectivity index (χ1) is 12.0. The molecule has 1 atom stereocenters. The molecule has 0 unspecified atom stereocenters. The number of hydrogen-bond donors (Lipinski definition) is 1. The minimum atomic E-state index is -1.03. The topological polar surface area (TPSA) is 79.5 Å². The van der Waals surface area contributed by atoms with Crippen LogP contribution in [0.3, 0.4) is 0 Å². The first kappa shape index (κ1) is 18.4. The Balaban J connectivity index is 2.27. The lowest BCUT2D eigenvalue weighted by molar-refractivity contribution is -0.140. The Morgan fingerprint density at radius 1 is 1.12 bits per heavy atom. The lowest BCUT2D eigenvalue weighted by Crippen LogP contribution is -2.36. The number of ether oxygens (including phenoxy) is 1. The summed E-state index contributed by atoms with van der Waals surface area (Å²) >= 11 is 0. The zero-order valence-corrected chi connectivity index (χ0v) is 14.6. The highest BCUT2D eigenvalue weighted by atomic mass is 16.5. The zero-order chi connectivity index (χ0) is 18.4. The van der Waals surface area contributed by atoms with Crippen molar-refractivity contribution in [3.63, 3.8) is 0 Å². The molecule has 25 heavy (non-hydrogen) atoms. The van der Waals surface area contributed by atoms with E-state index in [0.717, 1.165) is 0 Å². The highest BCUT2D eigenvalue weighted by Crippen LogP contribution is 2.22. The molecule has 0 aliphatic heterocycles. The number of carbonyl (C=O) groups excluding carboxylic acids is 3. The quantitative estimate of drug-likeness (QED) is 0.620. The second kappa shape index (κ2) is 8.28. The average Bonchev–Trinajstić information content (AvgIpc) is 3.11. The van der Waals surface area contributed by atoms with Gasteiger partial charge in [0.1, 0.15) is 5.69 Å². The standard InChI is InChI=1S/C19H22N2O4/c1-4-21(5-2)18(23)17(14-9-7-6-8-10-14)25-19(24)16-11-15(12-20-16)13(3)22/h6-12,17,20H,4-5H2,1-3H3/t17-/m0/s1. The Morgan fingerprint density at radius 2 is 1.76 bits per heavy atom. The van der Waals surface area contributed by atoms with E-state index in [2.05, 4.69) is 4.98 Å². The molecular formula is C19H22N2O4. The van der Waals surface area contributed by atoms with Gasteiger partial charge in [-0.05, 0) is 26.8 Å². The van der Waals surface area contributed by atoms with Gasteiger partial charge in [0.2, 0.25) is 6.10 Å². The van der Waals surface area contributed by atoms with Crippen molar-refractivity contribution in [1.29, 1.82) is 0 Å². The maximum Gasteiger partial charge on any atom is 0.355 e. The summed E-state index contributed by atoms with van der Waals surface area (Å²) in [7, 11) is 0. The van der Waals surface area contributed by atoms with Crippen molar-refractivity contribution in [2.75, 3.05) is 13.1 Å². The lowest BCUT2D eigenvalue weighted by Gasteiger charge is -2.25. The van der Waals surface area contributed by atoms with Crippen LogP contribution >= 0.6 is 0 Å². The van der Waals surface area contributed by atoms with E-state index in [1.165, 1.54) is 19.2 Å². The number of benzene rings is 1. The van der Waals surface area contributed by atoms with Crippen LogP contribution < -0.4 is 0 Å². The van der Waals surface area contributed by atoms with Crippen LogP contribution in [0.5, 0.6) is 0 Å². The number of Topliss-reactive ketones (excluding diaryl/α,β-unsaturated/α-hetero) is 1. The largest absolute Gasteiger partial charge is 0.443 e. The number of rotatable bonds is 7. The van der Waals surface area contributed by atoms with Gasteiger partial charge in [-0.2, -0.15) is 0 Å². The fraction of sp³-hybridized carbons (Fsp3) is 0.316. The summed E-state index contributed by atoms with van der Waals surface area (Å²) in [5.41, 5.74) is 1.13. The fourth-order valence-corrected chi connectivity index (χ4v) is 2.48. The summed E-state index contributed by atoms with van der Waals surface area (Å²) in [5.74, 6) is -1.11. The van der Waals surface area contributed by atoms with Crippen molar-refractivity contribution in [3.8, 4) is 0 Å². The number of aromatic nitrogens is 1. The number of amides is 1. The van der Waals surface area contributed by atoms with E-state index < -0.39 is 12.1 Å². The number of ketones is 1. The minimum Gasteiger partial charge on any atom is -0.443 e. The fourth-order valence-electron chi connectivity index (χ4n) is 2.48. The molecule has 2 rings (SSSR count). The molecule has 0 aliphatic rings. The van der Waals surface area contributed by atoms with E-state index in [4.69, 9.17) is 4.74 Å². The molecule has 0 radical (unpaired) electrons. The van der Waals surface area contributed by atoms with Crippen LogP contribution in [-0.2, 0) is 9.53 Å². The Hall–Kier alpha value is -2.89. The molecule has 6 nitrogen and oxygen atoms in total. The summed E-state index contributed by atoms with van der Waals surface area (Å²) in [5, 5.41) is 0. The molecule has 1 N–H and O–H groups in total. The maximum atomic E-state index is 12.8. The van der Waals surface area contributed by atoms with Crippen LogP contribution in [0.4, 0.5) is 0 Å². The second-order valence-corrected chi connectivity index (χ2v) is 5.56. The molecule has 1 amide bonds. The zero-order valence-electron chi connectivity index (χ0n) is 14.6. The van der Waals surface area contributed by atoms with Crippen molar-refractivity contribution >= 4 is 17.7 Å². The number of H-pyrrole nitrogens is 1. The number of nitrogens with zero attached hydrogens (tertiary/aromatic N) is 1. The normalized spacial score (nSPS) is 11.6. The summed E-state index contributed by atoms with van der Waals surface area (Å²) < 4.78 is 5.49. The van der Waals surface area contributed by atoms with Gasteiger partial charge in [0.25, 0.3) is 5.91 Å². The number of carbonyl (C=O) groups is 3. The summed E-state index contributed by atoms with van der Waals surface area (Å²) in [4.78, 5) is 40.9. The van der Waals surface area contributed by atoms with E-state index in [0.29, 0.717) is 24.2 Å². The predicted octanol–water partition coefficient (Wildman–Crippen LogP) is 2.98. The SMILES string of the molecule is CCN(CC)C(=O)[C@@H](OC(=O)c1cc(C(C)=O)c[nH]1)c1ccccc1. The Labute approximate surface area is 146 Å². The van der Waals surface area contributed by atoms with Gasteiger partial charge in [-0.3, -0.25) is 9.59 Å². The smallest absolute Gasteiger partial charge is 0.355 e. The van der Waals surface area contributed by atoms with Crippen LogP contribution in [0.15, 0.2) is 42.6 Å². The van der Waals surface area contributed by atoms with Crippen molar-refractivity contribution in [2.45, 2.75) is 26.9 Å². The Bertz CT molecular complexity index is 748. The van der Waals surface area contributed by atoms with E-state index in [-0.39, 0.29) is 17.4 Å². The van der Waals surface area contributed by atoms with Gasteiger partial charge in [0.15, 0.2) is 5.78 Å². The van der Waals surface area contributed by atoms with Crippen LogP contribution in [0.1, 0.15) is 53.3 Å². The monoisotopic (exact) mass is 342 g/mol. The molecule has 0 spiro atoms. The third-order valence-electron chi connectivity index (χ3n) is 3.94. The summed E-state index contributed by atoms with van der Waals surface area (Å²) in [6.45, 7) is 6.19. The van der Waals surface area contributed by atoms with Crippen LogP contribution in [0.25, 0.3) is 0 Å². The molecule has 0 bridgehead atoms. The van der Waals surface area contributed by atoms with Crippen LogP contribution in [-0.4, -0.2) is 40.6 Å². The molecule has 0 saturated heterocycles. The van der Waals surface area contributed by atoms with E-state index >= 15 is 0 Å². The third-order valence-corrected chi connectivity index (χ3v) is 3.94. The molecule has 2 aromatic rings. The second-order valence-electron chi connectivity index (χ2n) is 5.56. The summed E-state index contributed by atoms with van der Waals surface area (Å²) in [6.07, 6.45) is 0.417. The first-order valence-corrected chi connectivity index (χ1v) is 8.22. The van der Waals surface area contributed by atoms with Crippen molar-refractivity contribution < 1.29 is 19.1 Å². The molecule has 0 aliphatic carbocycles. The van der Waals surface area contributed by atoms with Crippen molar-refractivity contribution in [2.24, 2.45) is 0 Å². The number of likely N-dealkylation sites (N-methyl/N-ethyl adjacent to an activating group) is 1. The maximum absolute atomic E-state index is 12.8. The molecular weight excluding hydrogens is 320 g/mol. The van der Waals surface area contributed by atoms with Gasteiger partial charge in [-0.25, -0.2) is 4.79 Å². The third kappa shape index (κ3) is 4.35. The van der Waals surface area contributed by atoms with Gasteiger partial charge in [0, 0.05) is 30.4 Å². The molecule has 1 aromatic heterocycles. The molecule has 6 heteroatoms. The van der Waals surface area contributed by atoms with Gasteiger partial charge in [-0.1, -0.05) is 30.3 Å². The number of aromatic amines is 1. The number of nitrogens with one attached hydrogen (secondary N) is 1. The van der Waals surface area contributed by atoms with Gasteiger partial charge >= 0.3 is 5.97 Å². The molecule has 0 saturated carbocycles. The van der Waals surface area contributed by atoms with Crippen molar-refractivity contribution in [1.82, 2.24) is 9.88 Å². The average molecular weight is 342 g/mol. The number of hydrogen-bond acceptors (Lipinski definition) is 4. The number of esters is 1. The van der Waals surface area contributed by atoms with Gasteiger partial charge < -0.3 is 14.6 Å². The highest BCUT2D eigenvalue weighted by molar-refractivity contribution is 5.98. The van der Waals surface area contributed by atoms with E-state index in [9.17, 15) is 14.4 Å². The molecule has 0 fully saturated rings. The lowest BCUT2D eigenvalue weighted by atomic mass is 10.1. The highest BCUT2D eigenvalue weighted by Gasteiger charge is 2.29. The van der Waals surface area contributed by atoms with Gasteiger partial charge in [-0.15, -0.1) is 0 Å². The Kier molecular flexibility index (Phi) is 6.11. The van der Waals surface area contributed by atoms with Crippen LogP contribution in [0.2, 0.25) is 0 Å². The molecule has 1 aromatic carbocycles. The predicted molar refractivity (Wildman–Crippen MR) is 93.3 cm³/mol.